The van der Waals surface area contributed by atoms with Gasteiger partial charge in [-0.05, 0) is 12.1 Å². The molecule has 2 saturated heterocycles. The molecule has 2 aliphatic rings. The van der Waals surface area contributed by atoms with Crippen molar-refractivity contribution in [1.82, 2.24) is 19.8 Å². The van der Waals surface area contributed by atoms with Crippen LogP contribution < -0.4 is 11.1 Å². The van der Waals surface area contributed by atoms with E-state index in [-0.39, 0.29) is 12.1 Å². The monoisotopic (exact) mass is 464 g/mol. The van der Waals surface area contributed by atoms with Crippen molar-refractivity contribution in [3.8, 4) is 23.2 Å². The van der Waals surface area contributed by atoms with Crippen LogP contribution in [0.4, 0.5) is 5.69 Å². The predicted molar refractivity (Wildman–Crippen MR) is 126 cm³/mol. The summed E-state index contributed by atoms with van der Waals surface area (Å²) in [4.78, 5) is 36.7. The van der Waals surface area contributed by atoms with E-state index in [1.807, 2.05) is 0 Å². The lowest BCUT2D eigenvalue weighted by molar-refractivity contribution is -0.137. The van der Waals surface area contributed by atoms with E-state index in [1.54, 1.807) is 37.5 Å². The van der Waals surface area contributed by atoms with Crippen LogP contribution in [0.3, 0.4) is 0 Å². The summed E-state index contributed by atoms with van der Waals surface area (Å²) in [6, 6.07) is 7.07. The number of amides is 2. The molecular weight excluding hydrogens is 436 g/mol. The summed E-state index contributed by atoms with van der Waals surface area (Å²) in [5.74, 6) is 4.85. The van der Waals surface area contributed by atoms with Gasteiger partial charge in [-0.15, -0.1) is 0 Å². The molecule has 2 fully saturated rings. The van der Waals surface area contributed by atoms with Gasteiger partial charge in [0, 0.05) is 57.3 Å². The Balaban J connectivity index is 1.50. The Morgan fingerprint density at radius 3 is 2.82 bits per heavy atom. The number of hydrogen-bond donors (Lipinski definition) is 3. The van der Waals surface area contributed by atoms with Crippen molar-refractivity contribution in [3.63, 3.8) is 0 Å². The molecule has 4 rings (SSSR count). The molecule has 0 spiro atoms. The summed E-state index contributed by atoms with van der Waals surface area (Å²) in [5, 5.41) is 13.7. The largest absolute Gasteiger partial charge is 0.381 e. The average Bonchev–Trinajstić information content (AvgIpc) is 3.11. The number of nitrogens with one attached hydrogen (secondary N) is 1. The van der Waals surface area contributed by atoms with E-state index >= 15 is 0 Å². The van der Waals surface area contributed by atoms with Crippen LogP contribution in [0.15, 0.2) is 30.5 Å². The number of carbonyl (C=O) groups excluding carboxylic acids is 2. The Bertz CT molecular complexity index is 1140. The first-order chi connectivity index (χ1) is 16.4. The Morgan fingerprint density at radius 1 is 1.32 bits per heavy atom. The summed E-state index contributed by atoms with van der Waals surface area (Å²) >= 11 is 0. The number of primary amides is 1. The number of benzene rings is 1. The normalized spacial score (nSPS) is 20.6. The second kappa shape index (κ2) is 10.2. The Kier molecular flexibility index (Phi) is 7.07. The van der Waals surface area contributed by atoms with Crippen molar-refractivity contribution in [3.05, 3.63) is 41.7 Å². The maximum Gasteiger partial charge on any atom is 0.269 e. The summed E-state index contributed by atoms with van der Waals surface area (Å²) < 4.78 is 5.35. The van der Waals surface area contributed by atoms with Gasteiger partial charge in [-0.1, -0.05) is 24.0 Å². The molecule has 1 atom stereocenters. The minimum atomic E-state index is -1.67. The molecule has 10 nitrogen and oxygen atoms in total. The molecule has 4 N–H and O–H groups in total. The minimum absolute atomic E-state index is 0.109. The molecule has 0 aliphatic carbocycles. The maximum absolute atomic E-state index is 12.1. The van der Waals surface area contributed by atoms with Gasteiger partial charge >= 0.3 is 0 Å². The van der Waals surface area contributed by atoms with Crippen LogP contribution in [0, 0.1) is 11.8 Å². The zero-order valence-electron chi connectivity index (χ0n) is 19.1. The lowest BCUT2D eigenvalue weighted by atomic mass is 10.0. The molecule has 0 radical (unpaired) electrons. The third kappa shape index (κ3) is 5.34. The van der Waals surface area contributed by atoms with Crippen molar-refractivity contribution < 1.29 is 19.4 Å². The van der Waals surface area contributed by atoms with Gasteiger partial charge in [0.2, 0.25) is 5.60 Å². The molecule has 1 aromatic heterocycles. The SMILES string of the molecule is CN1CC[C@@](O)(C#Cc2cccc(-c3ncc(NCCN4CCOCC4)c(C(N)=O)n3)c2)C1=O. The maximum atomic E-state index is 12.1. The standard InChI is InChI=1S/C24H28N6O4/c1-29-9-7-24(33,23(29)32)6-5-17-3-2-4-18(15-17)22-27-16-19(20(28-22)21(25)31)26-8-10-30-11-13-34-14-12-30/h2-4,15-16,26,33H,7-14H2,1H3,(H2,25,31)/t24-/m0/s1. The Hall–Kier alpha value is -3.52. The van der Waals surface area contributed by atoms with Crippen LogP contribution in [0.25, 0.3) is 11.4 Å². The highest BCUT2D eigenvalue weighted by atomic mass is 16.5. The van der Waals surface area contributed by atoms with E-state index in [4.69, 9.17) is 10.5 Å². The minimum Gasteiger partial charge on any atom is -0.381 e. The highest BCUT2D eigenvalue weighted by Crippen LogP contribution is 2.22. The van der Waals surface area contributed by atoms with Gasteiger partial charge in [0.25, 0.3) is 11.8 Å². The number of rotatable bonds is 6. The van der Waals surface area contributed by atoms with E-state index < -0.39 is 17.4 Å². The lowest BCUT2D eigenvalue weighted by Crippen LogP contribution is -2.39. The second-order valence-electron chi connectivity index (χ2n) is 8.37. The molecule has 10 heteroatoms. The summed E-state index contributed by atoms with van der Waals surface area (Å²) in [5.41, 5.74) is 5.72. The van der Waals surface area contributed by atoms with Crippen molar-refractivity contribution >= 4 is 17.5 Å². The van der Waals surface area contributed by atoms with Crippen molar-refractivity contribution in [2.45, 2.75) is 12.0 Å². The van der Waals surface area contributed by atoms with E-state index in [9.17, 15) is 14.7 Å². The topological polar surface area (TPSA) is 134 Å². The Labute approximate surface area is 198 Å². The molecule has 0 saturated carbocycles. The van der Waals surface area contributed by atoms with Gasteiger partial charge in [-0.25, -0.2) is 9.97 Å². The third-order valence-corrected chi connectivity index (χ3v) is 5.91. The lowest BCUT2D eigenvalue weighted by Gasteiger charge is -2.26. The fraction of sp³-hybridized carbons (Fsp3) is 0.417. The van der Waals surface area contributed by atoms with Crippen molar-refractivity contribution in [1.29, 1.82) is 0 Å². The number of morpholine rings is 1. The fourth-order valence-electron chi connectivity index (χ4n) is 3.89. The fourth-order valence-corrected chi connectivity index (χ4v) is 3.89. The number of aliphatic hydroxyl groups is 1. The van der Waals surface area contributed by atoms with E-state index in [0.717, 1.165) is 32.8 Å². The first-order valence-electron chi connectivity index (χ1n) is 11.2. The number of likely N-dealkylation sites (N-methyl/N-ethyl adjacent to an activating group) is 1. The van der Waals surface area contributed by atoms with Crippen molar-refractivity contribution in [2.24, 2.45) is 5.73 Å². The van der Waals surface area contributed by atoms with Gasteiger partial charge in [0.15, 0.2) is 11.5 Å². The molecule has 3 heterocycles. The summed E-state index contributed by atoms with van der Waals surface area (Å²) in [6.07, 6.45) is 1.82. The first kappa shape index (κ1) is 23.6. The first-order valence-corrected chi connectivity index (χ1v) is 11.2. The smallest absolute Gasteiger partial charge is 0.269 e. The number of nitrogens with zero attached hydrogens (tertiary/aromatic N) is 4. The van der Waals surface area contributed by atoms with Crippen LogP contribution in [0.2, 0.25) is 0 Å². The van der Waals surface area contributed by atoms with Crippen LogP contribution in [0.5, 0.6) is 0 Å². The average molecular weight is 465 g/mol. The molecule has 0 bridgehead atoms. The van der Waals surface area contributed by atoms with Gasteiger partial charge in [0.05, 0.1) is 25.1 Å². The molecule has 178 valence electrons. The number of aromatic nitrogens is 2. The zero-order valence-corrected chi connectivity index (χ0v) is 19.1. The van der Waals surface area contributed by atoms with E-state index in [0.29, 0.717) is 35.7 Å². The summed E-state index contributed by atoms with van der Waals surface area (Å²) in [7, 11) is 1.64. The van der Waals surface area contributed by atoms with E-state index in [2.05, 4.69) is 32.0 Å². The number of anilines is 1. The highest BCUT2D eigenvalue weighted by molar-refractivity contribution is 5.96. The number of likely N-dealkylation sites (tertiary alicyclic amines) is 1. The molecule has 1 aromatic carbocycles. The van der Waals surface area contributed by atoms with Gasteiger partial charge in [-0.2, -0.15) is 0 Å². The van der Waals surface area contributed by atoms with Crippen LogP contribution in [-0.2, 0) is 9.53 Å². The molecular formula is C24H28N6O4. The second-order valence-corrected chi connectivity index (χ2v) is 8.37. The highest BCUT2D eigenvalue weighted by Gasteiger charge is 2.42. The van der Waals surface area contributed by atoms with Crippen LogP contribution in [-0.4, -0.2) is 95.3 Å². The molecule has 2 amide bonds. The van der Waals surface area contributed by atoms with Gasteiger partial charge in [-0.3, -0.25) is 14.5 Å². The van der Waals surface area contributed by atoms with E-state index in [1.165, 1.54) is 4.90 Å². The van der Waals surface area contributed by atoms with Crippen LogP contribution in [0.1, 0.15) is 22.5 Å². The molecule has 2 aromatic rings. The number of hydrogen-bond acceptors (Lipinski definition) is 8. The number of carbonyl (C=O) groups is 2. The quantitative estimate of drug-likeness (QED) is 0.506. The van der Waals surface area contributed by atoms with Crippen LogP contribution >= 0.6 is 0 Å². The van der Waals surface area contributed by atoms with Gasteiger partial charge in [0.1, 0.15) is 0 Å². The Morgan fingerprint density at radius 2 is 2.12 bits per heavy atom. The zero-order chi connectivity index (χ0) is 24.1. The predicted octanol–water partition coefficient (Wildman–Crippen LogP) is -0.0687. The summed E-state index contributed by atoms with van der Waals surface area (Å²) in [6.45, 7) is 5.07. The third-order valence-electron chi connectivity index (χ3n) is 5.91. The molecule has 0 unspecified atom stereocenters. The van der Waals surface area contributed by atoms with Crippen molar-refractivity contribution in [2.75, 3.05) is 58.3 Å². The number of nitrogens with two attached hydrogens (primary N) is 1. The number of ether oxygens (including phenoxy) is 1. The van der Waals surface area contributed by atoms with Gasteiger partial charge < -0.3 is 25.8 Å². The molecule has 34 heavy (non-hydrogen) atoms. The molecule has 2 aliphatic heterocycles.